The summed E-state index contributed by atoms with van der Waals surface area (Å²) in [6.45, 7) is 0.730. The molecule has 1 fully saturated rings. The van der Waals surface area contributed by atoms with Crippen molar-refractivity contribution in [2.75, 3.05) is 6.54 Å². The van der Waals surface area contributed by atoms with Crippen molar-refractivity contribution < 1.29 is 14.3 Å². The first-order valence-corrected chi connectivity index (χ1v) is 5.35. The molecule has 0 radical (unpaired) electrons. The van der Waals surface area contributed by atoms with Crippen LogP contribution in [0.5, 0.6) is 0 Å². The van der Waals surface area contributed by atoms with Crippen LogP contribution in [0.15, 0.2) is 24.3 Å². The van der Waals surface area contributed by atoms with Gasteiger partial charge in [0.2, 0.25) is 0 Å². The summed E-state index contributed by atoms with van der Waals surface area (Å²) in [4.78, 5) is 11.3. The van der Waals surface area contributed by atoms with Gasteiger partial charge in [0.05, 0.1) is 0 Å². The third-order valence-corrected chi connectivity index (χ3v) is 3.07. The lowest BCUT2D eigenvalue weighted by molar-refractivity contribution is -0.144. The first kappa shape index (κ1) is 13.9. The SMILES string of the molecule is Cl.O=C(O)C1(Cc2ccc(F)cc2)CCCN1. The van der Waals surface area contributed by atoms with Crippen molar-refractivity contribution in [2.45, 2.75) is 24.8 Å². The molecule has 1 saturated heterocycles. The van der Waals surface area contributed by atoms with Crippen molar-refractivity contribution in [2.24, 2.45) is 0 Å². The Hall–Kier alpha value is -1.13. The van der Waals surface area contributed by atoms with Gasteiger partial charge in [-0.1, -0.05) is 12.1 Å². The van der Waals surface area contributed by atoms with Gasteiger partial charge in [-0.05, 0) is 37.1 Å². The fraction of sp³-hybridized carbons (Fsp3) is 0.417. The molecule has 2 rings (SSSR count). The van der Waals surface area contributed by atoms with Crippen molar-refractivity contribution in [3.05, 3.63) is 35.6 Å². The van der Waals surface area contributed by atoms with E-state index in [1.807, 2.05) is 0 Å². The Morgan fingerprint density at radius 1 is 1.41 bits per heavy atom. The summed E-state index contributed by atoms with van der Waals surface area (Å²) < 4.78 is 12.7. The smallest absolute Gasteiger partial charge is 0.324 e. The van der Waals surface area contributed by atoms with Crippen LogP contribution in [0, 0.1) is 5.82 Å². The topological polar surface area (TPSA) is 49.3 Å². The summed E-state index contributed by atoms with van der Waals surface area (Å²) >= 11 is 0. The fourth-order valence-corrected chi connectivity index (χ4v) is 2.17. The number of rotatable bonds is 3. The van der Waals surface area contributed by atoms with Crippen LogP contribution in [0.2, 0.25) is 0 Å². The highest BCUT2D eigenvalue weighted by Crippen LogP contribution is 2.24. The molecule has 17 heavy (non-hydrogen) atoms. The molecule has 1 aromatic carbocycles. The number of nitrogens with one attached hydrogen (secondary N) is 1. The molecule has 5 heteroatoms. The molecular weight excluding hydrogens is 245 g/mol. The molecule has 3 nitrogen and oxygen atoms in total. The predicted molar refractivity (Wildman–Crippen MR) is 65.0 cm³/mol. The lowest BCUT2D eigenvalue weighted by atomic mass is 9.89. The molecule has 0 amide bonds. The second kappa shape index (κ2) is 5.47. The molecule has 1 atom stereocenters. The predicted octanol–water partition coefficient (Wildman–Crippen LogP) is 2.00. The van der Waals surface area contributed by atoms with Crippen LogP contribution in [-0.4, -0.2) is 23.2 Å². The Bertz CT molecular complexity index is 388. The van der Waals surface area contributed by atoms with Gasteiger partial charge in [-0.2, -0.15) is 0 Å². The van der Waals surface area contributed by atoms with Gasteiger partial charge in [0.25, 0.3) is 0 Å². The first-order valence-electron chi connectivity index (χ1n) is 5.35. The average molecular weight is 260 g/mol. The molecule has 0 aliphatic carbocycles. The number of hydrogen-bond acceptors (Lipinski definition) is 2. The third-order valence-electron chi connectivity index (χ3n) is 3.07. The van der Waals surface area contributed by atoms with Crippen LogP contribution < -0.4 is 5.32 Å². The lowest BCUT2D eigenvalue weighted by Crippen LogP contribution is -2.49. The second-order valence-corrected chi connectivity index (χ2v) is 4.22. The average Bonchev–Trinajstić information content (AvgIpc) is 2.71. The first-order chi connectivity index (χ1) is 7.62. The minimum Gasteiger partial charge on any atom is -0.480 e. The van der Waals surface area contributed by atoms with Crippen LogP contribution in [0.3, 0.4) is 0 Å². The largest absolute Gasteiger partial charge is 0.480 e. The van der Waals surface area contributed by atoms with Crippen molar-refractivity contribution in [3.8, 4) is 0 Å². The fourth-order valence-electron chi connectivity index (χ4n) is 2.17. The Kier molecular flexibility index (Phi) is 4.48. The molecule has 1 heterocycles. The maximum atomic E-state index is 12.7. The van der Waals surface area contributed by atoms with Crippen molar-refractivity contribution in [1.29, 1.82) is 0 Å². The van der Waals surface area contributed by atoms with E-state index in [2.05, 4.69) is 5.32 Å². The Morgan fingerprint density at radius 2 is 2.06 bits per heavy atom. The van der Waals surface area contributed by atoms with E-state index in [0.717, 1.165) is 18.5 Å². The van der Waals surface area contributed by atoms with Gasteiger partial charge in [-0.15, -0.1) is 12.4 Å². The number of carbonyl (C=O) groups is 1. The molecule has 0 bridgehead atoms. The Balaban J connectivity index is 0.00000144. The molecule has 0 aromatic heterocycles. The van der Waals surface area contributed by atoms with Crippen LogP contribution in [0.25, 0.3) is 0 Å². The van der Waals surface area contributed by atoms with Gasteiger partial charge < -0.3 is 10.4 Å². The highest BCUT2D eigenvalue weighted by atomic mass is 35.5. The normalized spacial score (nSPS) is 23.1. The summed E-state index contributed by atoms with van der Waals surface area (Å²) in [6, 6.07) is 6.00. The summed E-state index contributed by atoms with van der Waals surface area (Å²) in [5, 5.41) is 12.3. The van der Waals surface area contributed by atoms with Crippen molar-refractivity contribution in [3.63, 3.8) is 0 Å². The van der Waals surface area contributed by atoms with E-state index in [-0.39, 0.29) is 18.2 Å². The lowest BCUT2D eigenvalue weighted by Gasteiger charge is -2.24. The standard InChI is InChI=1S/C12H14FNO2.ClH/c13-10-4-2-9(3-5-10)8-12(11(15)16)6-1-7-14-12;/h2-5,14H,1,6-8H2,(H,15,16);1H. The van der Waals surface area contributed by atoms with E-state index in [0.29, 0.717) is 12.8 Å². The minimum absolute atomic E-state index is 0. The van der Waals surface area contributed by atoms with Gasteiger partial charge in [0, 0.05) is 6.42 Å². The summed E-state index contributed by atoms with van der Waals surface area (Å²) in [7, 11) is 0. The van der Waals surface area contributed by atoms with E-state index < -0.39 is 11.5 Å². The van der Waals surface area contributed by atoms with Crippen molar-refractivity contribution in [1.82, 2.24) is 5.32 Å². The van der Waals surface area contributed by atoms with Gasteiger partial charge in [0.1, 0.15) is 11.4 Å². The Morgan fingerprint density at radius 3 is 2.53 bits per heavy atom. The van der Waals surface area contributed by atoms with E-state index in [9.17, 15) is 14.3 Å². The zero-order valence-corrected chi connectivity index (χ0v) is 10.1. The van der Waals surface area contributed by atoms with E-state index in [1.165, 1.54) is 12.1 Å². The van der Waals surface area contributed by atoms with Gasteiger partial charge in [0.15, 0.2) is 0 Å². The summed E-state index contributed by atoms with van der Waals surface area (Å²) in [5.74, 6) is -1.12. The zero-order valence-electron chi connectivity index (χ0n) is 9.28. The molecule has 1 unspecified atom stereocenters. The number of aliphatic carboxylic acids is 1. The van der Waals surface area contributed by atoms with Crippen LogP contribution in [0.4, 0.5) is 4.39 Å². The second-order valence-electron chi connectivity index (χ2n) is 4.22. The van der Waals surface area contributed by atoms with Crippen LogP contribution in [-0.2, 0) is 11.2 Å². The molecule has 1 aliphatic heterocycles. The quantitative estimate of drug-likeness (QED) is 0.873. The monoisotopic (exact) mass is 259 g/mol. The molecule has 0 saturated carbocycles. The number of carboxylic acid groups (broad SMARTS) is 1. The molecule has 0 spiro atoms. The minimum atomic E-state index is -0.863. The summed E-state index contributed by atoms with van der Waals surface area (Å²) in [6.07, 6.45) is 1.90. The number of hydrogen-bond donors (Lipinski definition) is 2. The van der Waals surface area contributed by atoms with E-state index in [1.54, 1.807) is 12.1 Å². The number of benzene rings is 1. The maximum absolute atomic E-state index is 12.7. The van der Waals surface area contributed by atoms with Crippen LogP contribution in [0.1, 0.15) is 18.4 Å². The van der Waals surface area contributed by atoms with Crippen LogP contribution >= 0.6 is 12.4 Å². The van der Waals surface area contributed by atoms with E-state index >= 15 is 0 Å². The number of carboxylic acids is 1. The third kappa shape index (κ3) is 2.96. The van der Waals surface area contributed by atoms with Crippen molar-refractivity contribution >= 4 is 18.4 Å². The molecule has 94 valence electrons. The highest BCUT2D eigenvalue weighted by molar-refractivity contribution is 5.85. The number of halogens is 2. The zero-order chi connectivity index (χ0) is 11.6. The van der Waals surface area contributed by atoms with Gasteiger partial charge in [-0.25, -0.2) is 4.39 Å². The van der Waals surface area contributed by atoms with Gasteiger partial charge in [-0.3, -0.25) is 4.79 Å². The van der Waals surface area contributed by atoms with Gasteiger partial charge >= 0.3 is 5.97 Å². The summed E-state index contributed by atoms with van der Waals surface area (Å²) in [5.41, 5.74) is -0.0177. The maximum Gasteiger partial charge on any atom is 0.324 e. The molecule has 1 aromatic rings. The molecule has 1 aliphatic rings. The highest BCUT2D eigenvalue weighted by Gasteiger charge is 2.40. The van der Waals surface area contributed by atoms with E-state index in [4.69, 9.17) is 0 Å². The Labute approximate surface area is 105 Å². The molecular formula is C12H15ClFNO2. The molecule has 2 N–H and O–H groups in total.